The topological polar surface area (TPSA) is 111 Å². The molecule has 0 fully saturated rings. The Morgan fingerprint density at radius 3 is 2.69 bits per heavy atom. The molecule has 3 amide bonds. The number of anilines is 2. The molecule has 1 unspecified atom stereocenters. The highest BCUT2D eigenvalue weighted by Gasteiger charge is 2.28. The summed E-state index contributed by atoms with van der Waals surface area (Å²) in [4.78, 5) is 28.2. The summed E-state index contributed by atoms with van der Waals surface area (Å²) in [5.41, 5.74) is 3.74. The quantitative estimate of drug-likeness (QED) is 0.379. The summed E-state index contributed by atoms with van der Waals surface area (Å²) in [6.07, 6.45) is 4.58. The summed E-state index contributed by atoms with van der Waals surface area (Å²) in [7, 11) is 0. The van der Waals surface area contributed by atoms with Crippen molar-refractivity contribution in [1.29, 1.82) is 0 Å². The van der Waals surface area contributed by atoms with E-state index < -0.39 is 6.09 Å². The van der Waals surface area contributed by atoms with Gasteiger partial charge in [-0.25, -0.2) is 19.6 Å². The van der Waals surface area contributed by atoms with Gasteiger partial charge in [-0.2, -0.15) is 5.10 Å². The van der Waals surface area contributed by atoms with Gasteiger partial charge in [-0.15, -0.1) is 0 Å². The first-order valence-corrected chi connectivity index (χ1v) is 10.8. The number of rotatable bonds is 3. The Bertz CT molecular complexity index is 1500. The lowest BCUT2D eigenvalue weighted by atomic mass is 10.1. The average Bonchev–Trinajstić information content (AvgIpc) is 3.51. The Kier molecular flexibility index (Phi) is 5.84. The first kappa shape index (κ1) is 21.7. The number of carboxylic acid groups (broad SMARTS) is 1. The zero-order valence-electron chi connectivity index (χ0n) is 18.4. The number of carbonyl (C=O) groups excluding carboxylic acids is 1. The molecule has 0 spiro atoms. The first-order valence-electron chi connectivity index (χ1n) is 10.8. The van der Waals surface area contributed by atoms with E-state index in [2.05, 4.69) is 32.6 Å². The summed E-state index contributed by atoms with van der Waals surface area (Å²) in [5.74, 6) is 6.13. The van der Waals surface area contributed by atoms with Crippen LogP contribution >= 0.6 is 0 Å². The van der Waals surface area contributed by atoms with E-state index in [-0.39, 0.29) is 12.1 Å². The minimum atomic E-state index is -1.16. The van der Waals surface area contributed by atoms with Gasteiger partial charge in [0, 0.05) is 30.1 Å². The zero-order chi connectivity index (χ0) is 24.2. The highest BCUT2D eigenvalue weighted by Crippen LogP contribution is 2.28. The van der Waals surface area contributed by atoms with Crippen molar-refractivity contribution in [1.82, 2.24) is 14.4 Å². The van der Waals surface area contributed by atoms with Gasteiger partial charge in [0.2, 0.25) is 0 Å². The number of hydrogen-bond donors (Lipinski definition) is 3. The van der Waals surface area contributed by atoms with E-state index in [1.54, 1.807) is 47.3 Å². The lowest BCUT2D eigenvalue weighted by Gasteiger charge is -2.22. The third-order valence-electron chi connectivity index (χ3n) is 5.45. The highest BCUT2D eigenvalue weighted by atomic mass is 16.4. The number of aromatic nitrogens is 2. The molecule has 172 valence electrons. The van der Waals surface area contributed by atoms with Crippen molar-refractivity contribution in [3.63, 3.8) is 0 Å². The van der Waals surface area contributed by atoms with E-state index in [1.165, 1.54) is 5.01 Å². The van der Waals surface area contributed by atoms with E-state index in [0.29, 0.717) is 34.7 Å². The van der Waals surface area contributed by atoms with Crippen LogP contribution < -0.4 is 10.6 Å². The SMILES string of the molecule is O=C(O)Nc1cccn2c(C#Cc3cccc(NC(=O)N4N=CCC4c4ccccc4)c3)cnc12. The third kappa shape index (κ3) is 4.67. The van der Waals surface area contributed by atoms with Crippen molar-refractivity contribution in [3.8, 4) is 11.8 Å². The fraction of sp³-hybridized carbons (Fsp3) is 0.0769. The van der Waals surface area contributed by atoms with Gasteiger partial charge in [0.05, 0.1) is 17.9 Å². The number of fused-ring (bicyclic) bond motifs is 1. The average molecular weight is 464 g/mol. The molecular formula is C26H20N6O3. The van der Waals surface area contributed by atoms with Gasteiger partial charge in [-0.1, -0.05) is 42.3 Å². The number of nitrogens with one attached hydrogen (secondary N) is 2. The monoisotopic (exact) mass is 464 g/mol. The summed E-state index contributed by atoms with van der Waals surface area (Å²) in [5, 5.41) is 19.9. The fourth-order valence-corrected chi connectivity index (χ4v) is 3.87. The van der Waals surface area contributed by atoms with Gasteiger partial charge in [0.1, 0.15) is 5.69 Å². The standard InChI is InChI=1S/C26H20N6O3/c33-25(32-23(13-14-28-32)19-7-2-1-3-8-19)29-20-9-4-6-18(16-20)11-12-21-17-27-24-22(30-26(34)35)10-5-15-31(21)24/h1-10,14-17,23,30H,13H2,(H,29,33)(H,34,35). The van der Waals surface area contributed by atoms with Crippen LogP contribution in [0.15, 0.2) is 84.2 Å². The molecular weight excluding hydrogens is 444 g/mol. The molecule has 9 heteroatoms. The molecule has 2 aromatic heterocycles. The van der Waals surface area contributed by atoms with E-state index >= 15 is 0 Å². The minimum Gasteiger partial charge on any atom is -0.465 e. The van der Waals surface area contributed by atoms with Gasteiger partial charge in [0.25, 0.3) is 0 Å². The molecule has 9 nitrogen and oxygen atoms in total. The number of pyridine rings is 1. The van der Waals surface area contributed by atoms with E-state index in [4.69, 9.17) is 5.11 Å². The largest absolute Gasteiger partial charge is 0.465 e. The molecule has 0 aliphatic carbocycles. The molecule has 1 aliphatic rings. The van der Waals surface area contributed by atoms with E-state index in [9.17, 15) is 9.59 Å². The molecule has 0 bridgehead atoms. The van der Waals surface area contributed by atoms with Gasteiger partial charge >= 0.3 is 12.1 Å². The zero-order valence-corrected chi connectivity index (χ0v) is 18.4. The Labute approximate surface area is 200 Å². The highest BCUT2D eigenvalue weighted by molar-refractivity contribution is 5.91. The number of carbonyl (C=O) groups is 2. The lowest BCUT2D eigenvalue weighted by Crippen LogP contribution is -2.31. The second-order valence-corrected chi connectivity index (χ2v) is 7.75. The van der Waals surface area contributed by atoms with Crippen molar-refractivity contribution in [3.05, 3.63) is 95.9 Å². The van der Waals surface area contributed by atoms with Gasteiger partial charge < -0.3 is 10.4 Å². The van der Waals surface area contributed by atoms with Gasteiger partial charge in [-0.05, 0) is 41.8 Å². The normalized spacial score (nSPS) is 14.4. The predicted octanol–water partition coefficient (Wildman–Crippen LogP) is 4.79. The molecule has 3 N–H and O–H groups in total. The van der Waals surface area contributed by atoms with Gasteiger partial charge in [0.15, 0.2) is 5.65 Å². The van der Waals surface area contributed by atoms with E-state index in [1.807, 2.05) is 42.5 Å². The Hall–Kier alpha value is -5.10. The maximum Gasteiger partial charge on any atom is 0.409 e. The van der Waals surface area contributed by atoms with Crippen molar-refractivity contribution in [2.24, 2.45) is 5.10 Å². The summed E-state index contributed by atoms with van der Waals surface area (Å²) in [6, 6.07) is 19.9. The first-order chi connectivity index (χ1) is 17.1. The molecule has 1 aliphatic heterocycles. The second-order valence-electron chi connectivity index (χ2n) is 7.75. The van der Waals surface area contributed by atoms with Crippen LogP contribution in [0, 0.1) is 11.8 Å². The number of nitrogens with zero attached hydrogens (tertiary/aromatic N) is 4. The van der Waals surface area contributed by atoms with Gasteiger partial charge in [-0.3, -0.25) is 9.72 Å². The number of hydrogen-bond acceptors (Lipinski definition) is 4. The van der Waals surface area contributed by atoms with E-state index in [0.717, 1.165) is 5.56 Å². The van der Waals surface area contributed by atoms with Crippen LogP contribution in [0.5, 0.6) is 0 Å². The summed E-state index contributed by atoms with van der Waals surface area (Å²) >= 11 is 0. The number of amides is 3. The number of benzene rings is 2. The van der Waals surface area contributed by atoms with Crippen molar-refractivity contribution < 1.29 is 14.7 Å². The maximum atomic E-state index is 12.9. The van der Waals surface area contributed by atoms with Crippen molar-refractivity contribution >= 4 is 35.4 Å². The van der Waals surface area contributed by atoms with Crippen LogP contribution in [-0.2, 0) is 0 Å². The van der Waals surface area contributed by atoms with Crippen molar-refractivity contribution in [2.45, 2.75) is 12.5 Å². The lowest BCUT2D eigenvalue weighted by molar-refractivity contribution is 0.200. The fourth-order valence-electron chi connectivity index (χ4n) is 3.87. The van der Waals surface area contributed by atoms with Crippen LogP contribution in [0.1, 0.15) is 29.3 Å². The molecule has 4 aromatic rings. The van der Waals surface area contributed by atoms with Crippen LogP contribution in [-0.4, -0.2) is 37.8 Å². The maximum absolute atomic E-state index is 12.9. The molecule has 0 radical (unpaired) electrons. The number of hydrazone groups is 1. The molecule has 3 heterocycles. The van der Waals surface area contributed by atoms with Crippen molar-refractivity contribution in [2.75, 3.05) is 10.6 Å². The molecule has 1 atom stereocenters. The Morgan fingerprint density at radius 2 is 1.86 bits per heavy atom. The summed E-state index contributed by atoms with van der Waals surface area (Å²) in [6.45, 7) is 0. The van der Waals surface area contributed by atoms with Crippen LogP contribution in [0.4, 0.5) is 21.0 Å². The number of imidazole rings is 1. The van der Waals surface area contributed by atoms with Crippen LogP contribution in [0.25, 0.3) is 5.65 Å². The molecule has 0 saturated carbocycles. The summed E-state index contributed by atoms with van der Waals surface area (Å²) < 4.78 is 1.71. The molecule has 35 heavy (non-hydrogen) atoms. The molecule has 0 saturated heterocycles. The number of urea groups is 1. The molecule has 5 rings (SSSR count). The Balaban J connectivity index is 1.33. The smallest absolute Gasteiger partial charge is 0.409 e. The molecule has 2 aromatic carbocycles. The minimum absolute atomic E-state index is 0.144. The Morgan fingerprint density at radius 1 is 1.00 bits per heavy atom. The van der Waals surface area contributed by atoms with Crippen LogP contribution in [0.2, 0.25) is 0 Å². The third-order valence-corrected chi connectivity index (χ3v) is 5.45. The van der Waals surface area contributed by atoms with Crippen LogP contribution in [0.3, 0.4) is 0 Å². The predicted molar refractivity (Wildman–Crippen MR) is 132 cm³/mol. The second kappa shape index (κ2) is 9.41.